The van der Waals surface area contributed by atoms with Gasteiger partial charge in [0.05, 0.1) is 37.6 Å². The van der Waals surface area contributed by atoms with E-state index in [1.54, 1.807) is 13.8 Å². The molecule has 2 aliphatic rings. The molecule has 0 saturated carbocycles. The third-order valence-corrected chi connectivity index (χ3v) is 27.1. The molecule has 91 heavy (non-hydrogen) atoms. The number of nitriles is 2. The molecule has 4 aromatic rings. The second-order valence-corrected chi connectivity index (χ2v) is 38.3. The molecule has 2 fully saturated rings. The number of amides is 1. The molecular formula is C52H88N14O19P4Si2+4. The van der Waals surface area contributed by atoms with E-state index in [1.807, 2.05) is 84.0 Å². The summed E-state index contributed by atoms with van der Waals surface area (Å²) in [6.45, 7) is 24.9. The fraction of sp³-hybridized carbons (Fsp3) is 0.750. The van der Waals surface area contributed by atoms with Gasteiger partial charge in [0.1, 0.15) is 64.1 Å². The van der Waals surface area contributed by atoms with Crippen LogP contribution in [0.4, 0.5) is 11.9 Å². The second kappa shape index (κ2) is 34.6. The van der Waals surface area contributed by atoms with Crippen LogP contribution < -0.4 is 22.2 Å². The quantitative estimate of drug-likeness (QED) is 0.0194. The molecular weight excluding hydrogens is 1300 g/mol. The van der Waals surface area contributed by atoms with Crippen LogP contribution in [0.15, 0.2) is 22.2 Å². The Labute approximate surface area is 534 Å². The molecule has 504 valence electrons. The van der Waals surface area contributed by atoms with E-state index in [4.69, 9.17) is 70.8 Å². The molecule has 6 heterocycles. The number of fused-ring (bicyclic) bond motifs is 2. The molecule has 0 aliphatic carbocycles. The third-order valence-electron chi connectivity index (χ3n) is 15.1. The highest BCUT2D eigenvalue weighted by Gasteiger charge is 2.58. The average Bonchev–Trinajstić information content (AvgIpc) is 1.62. The zero-order valence-electron chi connectivity index (χ0n) is 54.4. The van der Waals surface area contributed by atoms with Gasteiger partial charge in [-0.05, 0) is 90.4 Å². The highest BCUT2D eigenvalue weighted by Crippen LogP contribution is 2.48. The molecule has 6 rings (SSSR count). The molecule has 12 atom stereocenters. The number of rotatable bonds is 34. The molecule has 0 radical (unpaired) electrons. The van der Waals surface area contributed by atoms with Gasteiger partial charge in [0.25, 0.3) is 11.1 Å². The van der Waals surface area contributed by atoms with Gasteiger partial charge in [-0.25, -0.2) is 9.97 Å². The minimum Gasteiger partial charge on any atom is -0.406 e. The molecule has 0 aromatic carbocycles. The van der Waals surface area contributed by atoms with Crippen LogP contribution in [0, 0.1) is 28.6 Å². The van der Waals surface area contributed by atoms with E-state index in [9.17, 15) is 32.6 Å². The van der Waals surface area contributed by atoms with E-state index >= 15 is 0 Å². The largest absolute Gasteiger partial charge is 0.697 e. The first-order valence-electron chi connectivity index (χ1n) is 29.3. The van der Waals surface area contributed by atoms with Crippen molar-refractivity contribution in [3.05, 3.63) is 33.4 Å². The molecule has 39 heteroatoms. The van der Waals surface area contributed by atoms with E-state index in [0.29, 0.717) is 12.8 Å². The Bertz CT molecular complexity index is 3350. The molecule has 2 saturated heterocycles. The van der Waals surface area contributed by atoms with Crippen LogP contribution in [0.2, 0.25) is 36.3 Å². The van der Waals surface area contributed by atoms with Gasteiger partial charge in [0, 0.05) is 24.2 Å². The number of carbonyl (C=O) groups is 1. The number of carbonyl (C=O) groups excluding carboxylic acids is 1. The lowest BCUT2D eigenvalue weighted by Crippen LogP contribution is -2.49. The van der Waals surface area contributed by atoms with Gasteiger partial charge >= 0.3 is 33.0 Å². The lowest BCUT2D eigenvalue weighted by Gasteiger charge is -2.40. The fourth-order valence-electron chi connectivity index (χ4n) is 8.21. The first-order chi connectivity index (χ1) is 42.6. The number of anilines is 2. The molecule has 0 spiro atoms. The van der Waals surface area contributed by atoms with Crippen molar-refractivity contribution < 1.29 is 77.6 Å². The first-order valence-corrected chi connectivity index (χ1v) is 39.5. The molecule has 1 amide bonds. The number of nitrogens with two attached hydrogens (primary N) is 1. The standard InChI is InChI=1S/C26H37N7O10P2Si.C26H48N7O9P2Si/c1-16(2)22(34)31-25-30-21-18(23(35)32-25)29-15-33(21)24-20(43-46(6,7)26(3,4)5)19(42-45(37)39-13-9-11-28)17(41-24)14-40-44(36)38-12-8-10-27;1-26(2,3)45(8,9)42-21-20(41-44(36)38-15-11-13-32(6)7)18(16-39-43(35)37-14-10-12-31(4)5)40-24(21)33-17-28-19-22(33)29-25(27)30-23(19)34/h15-17,19-20,24H,8-9,12-14H2,1-7H3;17-18,20-21,24H,10-16H2,1-9H3,(H2-,27,29,30,34)/q;+1/p+3. The van der Waals surface area contributed by atoms with E-state index in [1.165, 1.54) is 21.8 Å². The van der Waals surface area contributed by atoms with E-state index in [0.717, 1.165) is 13.1 Å². The maximum atomic E-state index is 13.1. The maximum absolute atomic E-state index is 13.1. The van der Waals surface area contributed by atoms with Crippen molar-refractivity contribution in [3.8, 4) is 12.1 Å². The van der Waals surface area contributed by atoms with Crippen LogP contribution in [-0.2, 0) is 77.6 Å². The summed E-state index contributed by atoms with van der Waals surface area (Å²) in [4.78, 5) is 64.0. The van der Waals surface area contributed by atoms with Crippen LogP contribution in [-0.4, -0.2) is 189 Å². The molecule has 12 unspecified atom stereocenters. The van der Waals surface area contributed by atoms with Gasteiger partial charge in [-0.1, -0.05) is 55.4 Å². The van der Waals surface area contributed by atoms with Crippen LogP contribution in [0.3, 0.4) is 0 Å². The number of aromatic amines is 2. The van der Waals surface area contributed by atoms with Crippen molar-refractivity contribution in [1.29, 1.82) is 10.5 Å². The number of hydrogen-bond donors (Lipinski definition) is 4. The summed E-state index contributed by atoms with van der Waals surface area (Å²) in [7, 11) is -7.94. The first kappa shape index (κ1) is 76.9. The predicted molar refractivity (Wildman–Crippen MR) is 339 cm³/mol. The van der Waals surface area contributed by atoms with Crippen molar-refractivity contribution >= 4 is 89.8 Å². The number of ether oxygens (including phenoxy) is 2. The van der Waals surface area contributed by atoms with Crippen molar-refractivity contribution in [2.24, 2.45) is 5.92 Å². The molecule has 0 bridgehead atoms. The number of nitrogen functional groups attached to an aromatic ring is 1. The summed E-state index contributed by atoms with van der Waals surface area (Å²) < 4.78 is 124. The van der Waals surface area contributed by atoms with E-state index in [2.05, 4.69) is 69.1 Å². The molecule has 33 nitrogen and oxygen atoms in total. The summed E-state index contributed by atoms with van der Waals surface area (Å²) in [5.74, 6) is -0.968. The molecule has 4 aromatic heterocycles. The normalized spacial score (nSPS) is 21.3. The van der Waals surface area contributed by atoms with Crippen LogP contribution in [0.1, 0.15) is 93.5 Å². The van der Waals surface area contributed by atoms with Crippen LogP contribution in [0.25, 0.3) is 22.3 Å². The van der Waals surface area contributed by atoms with E-state index < -0.39 is 116 Å². The number of H-pyrrole nitrogens is 2. The van der Waals surface area contributed by atoms with Gasteiger partial charge in [0.15, 0.2) is 63.6 Å². The minimum atomic E-state index is -2.79. The summed E-state index contributed by atoms with van der Waals surface area (Å²) in [6.07, 6.45) is -4.05. The summed E-state index contributed by atoms with van der Waals surface area (Å²) in [5.41, 5.74) is 4.97. The zero-order valence-corrected chi connectivity index (χ0v) is 60.0. The van der Waals surface area contributed by atoms with Gasteiger partial charge in [-0.2, -0.15) is 20.5 Å². The number of hydrogen-bond acceptors (Lipinski definition) is 28. The van der Waals surface area contributed by atoms with Gasteiger partial charge < -0.3 is 33.9 Å². The topological polar surface area (TPSA) is 415 Å². The Balaban J connectivity index is 0.000000331. The van der Waals surface area contributed by atoms with Crippen molar-refractivity contribution in [2.45, 2.75) is 166 Å². The van der Waals surface area contributed by atoms with Crippen molar-refractivity contribution in [2.75, 3.05) is 92.0 Å². The Morgan fingerprint density at radius 3 is 1.46 bits per heavy atom. The smallest absolute Gasteiger partial charge is 0.406 e. The lowest BCUT2D eigenvalue weighted by molar-refractivity contribution is -0.118. The Kier molecular flexibility index (Phi) is 29.2. The lowest BCUT2D eigenvalue weighted by atomic mass is 10.1. The molecule has 2 aliphatic heterocycles. The number of nitrogens with one attached hydrogen (secondary N) is 3. The Morgan fingerprint density at radius 1 is 0.659 bits per heavy atom. The van der Waals surface area contributed by atoms with E-state index in [-0.39, 0.29) is 103 Å². The summed E-state index contributed by atoms with van der Waals surface area (Å²) in [5, 5.41) is 19.6. The highest BCUT2D eigenvalue weighted by atomic mass is 31.1. The SMILES string of the molecule is CC(C)C(=O)Nc1nc2c(ncn2C2OC(CO[P+](=O)OCCC#N)C(O[P+](=O)OCCC#N)C2O[Si](C)(C)C(C)(C)C)c(=O)[nH]1.CN(C)CCCO[P+](=O)OCC1OC(n2cnc3c(=O)[nH]c(N)nc32)C(O[Si](C)(C)C(C)(C)C)C1O[P+](=O)OCCCN(C)C. The number of imidazole rings is 2. The minimum absolute atomic E-state index is 0.000552. The maximum Gasteiger partial charge on any atom is 0.697 e. The second-order valence-electron chi connectivity index (χ2n) is 25.1. The number of nitrogens with zero attached hydrogens (tertiary/aromatic N) is 10. The Morgan fingerprint density at radius 2 is 1.05 bits per heavy atom. The van der Waals surface area contributed by atoms with Crippen LogP contribution in [0.5, 0.6) is 0 Å². The highest BCUT2D eigenvalue weighted by molar-refractivity contribution is 7.34. The third kappa shape index (κ3) is 22.2. The summed E-state index contributed by atoms with van der Waals surface area (Å²) >= 11 is 0. The number of aromatic nitrogens is 8. The zero-order chi connectivity index (χ0) is 67.8. The fourth-order valence-corrected chi connectivity index (χ4v) is 13.5. The van der Waals surface area contributed by atoms with Gasteiger partial charge in [-0.15, -0.1) is 36.2 Å². The average molecular weight is 1390 g/mol. The predicted octanol–water partition coefficient (Wildman–Crippen LogP) is 8.22. The molecule has 5 N–H and O–H groups in total. The van der Waals surface area contributed by atoms with Gasteiger partial charge in [-0.3, -0.25) is 38.8 Å². The van der Waals surface area contributed by atoms with Crippen molar-refractivity contribution in [3.63, 3.8) is 0 Å². The summed E-state index contributed by atoms with van der Waals surface area (Å²) in [6, 6.07) is 3.77. The van der Waals surface area contributed by atoms with Gasteiger partial charge in [0.2, 0.25) is 17.8 Å². The van der Waals surface area contributed by atoms with Crippen LogP contribution >= 0.6 is 33.0 Å². The van der Waals surface area contributed by atoms with Crippen molar-refractivity contribution in [1.82, 2.24) is 48.8 Å². The monoisotopic (exact) mass is 1390 g/mol. The Hall–Kier alpha value is -4.78.